The molecule has 0 saturated heterocycles. The molecule has 19 heavy (non-hydrogen) atoms. The number of aromatic nitrogens is 3. The SMILES string of the molecule is NC(=O)c1n[nH]nc1NC(=O)C1CC2CCC1CC2. The molecule has 0 spiro atoms. The third-order valence-corrected chi connectivity index (χ3v) is 4.41. The number of nitrogens with two attached hydrogens (primary N) is 1. The van der Waals surface area contributed by atoms with Gasteiger partial charge in [-0.1, -0.05) is 12.8 Å². The zero-order valence-electron chi connectivity index (χ0n) is 10.6. The van der Waals surface area contributed by atoms with Gasteiger partial charge in [0, 0.05) is 5.92 Å². The van der Waals surface area contributed by atoms with Gasteiger partial charge < -0.3 is 11.1 Å². The van der Waals surface area contributed by atoms with Gasteiger partial charge in [-0.3, -0.25) is 9.59 Å². The van der Waals surface area contributed by atoms with Gasteiger partial charge in [0.1, 0.15) is 0 Å². The summed E-state index contributed by atoms with van der Waals surface area (Å²) in [5, 5.41) is 12.4. The lowest BCUT2D eigenvalue weighted by Crippen LogP contribution is -2.39. The molecule has 7 heteroatoms. The lowest BCUT2D eigenvalue weighted by Gasteiger charge is -2.41. The Labute approximate surface area is 110 Å². The Hall–Kier alpha value is -1.92. The first-order valence-electron chi connectivity index (χ1n) is 6.66. The highest BCUT2D eigenvalue weighted by Crippen LogP contribution is 2.45. The van der Waals surface area contributed by atoms with Crippen LogP contribution in [0.15, 0.2) is 0 Å². The van der Waals surface area contributed by atoms with Gasteiger partial charge in [-0.15, -0.1) is 10.2 Å². The molecule has 1 unspecified atom stereocenters. The lowest BCUT2D eigenvalue weighted by molar-refractivity contribution is -0.124. The van der Waals surface area contributed by atoms with Gasteiger partial charge in [0.2, 0.25) is 5.91 Å². The van der Waals surface area contributed by atoms with E-state index in [1.54, 1.807) is 0 Å². The average Bonchev–Trinajstić information content (AvgIpc) is 2.88. The van der Waals surface area contributed by atoms with Crippen molar-refractivity contribution >= 4 is 17.6 Å². The van der Waals surface area contributed by atoms with Crippen molar-refractivity contribution in [3.63, 3.8) is 0 Å². The van der Waals surface area contributed by atoms with Crippen LogP contribution in [0, 0.1) is 17.8 Å². The number of primary amides is 1. The molecule has 0 radical (unpaired) electrons. The third-order valence-electron chi connectivity index (χ3n) is 4.41. The summed E-state index contributed by atoms with van der Waals surface area (Å²) in [6.45, 7) is 0. The van der Waals surface area contributed by atoms with Crippen LogP contribution in [0.2, 0.25) is 0 Å². The van der Waals surface area contributed by atoms with Crippen molar-refractivity contribution in [3.8, 4) is 0 Å². The third kappa shape index (κ3) is 2.20. The Morgan fingerprint density at radius 2 is 1.95 bits per heavy atom. The number of rotatable bonds is 3. The first kappa shape index (κ1) is 12.1. The van der Waals surface area contributed by atoms with Crippen molar-refractivity contribution in [1.29, 1.82) is 0 Å². The quantitative estimate of drug-likeness (QED) is 0.743. The number of nitrogens with zero attached hydrogens (tertiary/aromatic N) is 2. The highest BCUT2D eigenvalue weighted by molar-refractivity contribution is 6.00. The summed E-state index contributed by atoms with van der Waals surface area (Å²) >= 11 is 0. The van der Waals surface area contributed by atoms with Crippen molar-refractivity contribution in [2.75, 3.05) is 5.32 Å². The molecular weight excluding hydrogens is 246 g/mol. The van der Waals surface area contributed by atoms with Gasteiger partial charge in [-0.25, -0.2) is 0 Å². The normalized spacial score (nSPS) is 29.2. The second-order valence-electron chi connectivity index (χ2n) is 5.50. The van der Waals surface area contributed by atoms with Crippen LogP contribution in [0.4, 0.5) is 5.82 Å². The van der Waals surface area contributed by atoms with E-state index in [1.807, 2.05) is 0 Å². The van der Waals surface area contributed by atoms with Crippen LogP contribution in [0.3, 0.4) is 0 Å². The van der Waals surface area contributed by atoms with Crippen LogP contribution in [0.1, 0.15) is 42.6 Å². The highest BCUT2D eigenvalue weighted by atomic mass is 16.2. The molecule has 3 saturated carbocycles. The van der Waals surface area contributed by atoms with E-state index in [4.69, 9.17) is 5.73 Å². The predicted octanol–water partition coefficient (Wildman–Crippen LogP) is 0.668. The van der Waals surface area contributed by atoms with Crippen molar-refractivity contribution in [2.45, 2.75) is 32.1 Å². The fraction of sp³-hybridized carbons (Fsp3) is 0.667. The molecule has 3 aliphatic carbocycles. The Morgan fingerprint density at radius 1 is 1.21 bits per heavy atom. The number of hydrogen-bond acceptors (Lipinski definition) is 4. The van der Waals surface area contributed by atoms with Gasteiger partial charge in [0.15, 0.2) is 11.5 Å². The second-order valence-corrected chi connectivity index (χ2v) is 5.50. The Kier molecular flexibility index (Phi) is 2.96. The van der Waals surface area contributed by atoms with E-state index in [9.17, 15) is 9.59 Å². The van der Waals surface area contributed by atoms with Gasteiger partial charge in [0.25, 0.3) is 5.91 Å². The van der Waals surface area contributed by atoms with Crippen molar-refractivity contribution in [3.05, 3.63) is 5.69 Å². The molecular formula is C12H17N5O2. The number of nitrogens with one attached hydrogen (secondary N) is 2. The first-order valence-corrected chi connectivity index (χ1v) is 6.66. The molecule has 7 nitrogen and oxygen atoms in total. The van der Waals surface area contributed by atoms with Crippen molar-refractivity contribution < 1.29 is 9.59 Å². The molecule has 4 N–H and O–H groups in total. The van der Waals surface area contributed by atoms with Crippen molar-refractivity contribution in [2.24, 2.45) is 23.5 Å². The summed E-state index contributed by atoms with van der Waals surface area (Å²) < 4.78 is 0. The monoisotopic (exact) mass is 263 g/mol. The topological polar surface area (TPSA) is 114 Å². The average molecular weight is 263 g/mol. The number of H-pyrrole nitrogens is 1. The minimum atomic E-state index is -0.700. The fourth-order valence-corrected chi connectivity index (χ4v) is 3.40. The molecule has 2 bridgehead atoms. The molecule has 0 aliphatic heterocycles. The van der Waals surface area contributed by atoms with Crippen LogP contribution in [0.25, 0.3) is 0 Å². The Balaban J connectivity index is 1.71. The number of aromatic amines is 1. The van der Waals surface area contributed by atoms with Gasteiger partial charge >= 0.3 is 0 Å². The Bertz CT molecular complexity index is 504. The maximum atomic E-state index is 12.3. The van der Waals surface area contributed by atoms with E-state index < -0.39 is 5.91 Å². The predicted molar refractivity (Wildman–Crippen MR) is 67.1 cm³/mol. The molecule has 0 aromatic carbocycles. The summed E-state index contributed by atoms with van der Waals surface area (Å²) in [6.07, 6.45) is 5.69. The largest absolute Gasteiger partial charge is 0.364 e. The molecule has 3 aliphatic rings. The smallest absolute Gasteiger partial charge is 0.273 e. The van der Waals surface area contributed by atoms with Crippen LogP contribution in [0.5, 0.6) is 0 Å². The number of carbonyl (C=O) groups excluding carboxylic acids is 2. The number of anilines is 1. The van der Waals surface area contributed by atoms with E-state index in [0.717, 1.165) is 19.3 Å². The minimum absolute atomic E-state index is 0.0191. The second kappa shape index (κ2) is 4.64. The highest BCUT2D eigenvalue weighted by Gasteiger charge is 2.39. The first-order chi connectivity index (χ1) is 9.15. The zero-order valence-corrected chi connectivity index (χ0v) is 10.6. The zero-order chi connectivity index (χ0) is 13.4. The number of fused-ring (bicyclic) bond motifs is 3. The van der Waals surface area contributed by atoms with Crippen LogP contribution >= 0.6 is 0 Å². The molecule has 1 aromatic rings. The molecule has 2 amide bonds. The van der Waals surface area contributed by atoms with Crippen LogP contribution in [-0.2, 0) is 4.79 Å². The number of amides is 2. The number of carbonyl (C=O) groups is 2. The van der Waals surface area contributed by atoms with E-state index in [-0.39, 0.29) is 23.3 Å². The fourth-order valence-electron chi connectivity index (χ4n) is 3.40. The Morgan fingerprint density at radius 3 is 2.53 bits per heavy atom. The molecule has 4 rings (SSSR count). The molecule has 1 atom stereocenters. The van der Waals surface area contributed by atoms with Gasteiger partial charge in [-0.05, 0) is 31.1 Å². The van der Waals surface area contributed by atoms with Crippen molar-refractivity contribution in [1.82, 2.24) is 15.4 Å². The summed E-state index contributed by atoms with van der Waals surface area (Å²) in [7, 11) is 0. The summed E-state index contributed by atoms with van der Waals surface area (Å²) in [5.74, 6) is 0.548. The summed E-state index contributed by atoms with van der Waals surface area (Å²) in [5.41, 5.74) is 5.14. The van der Waals surface area contributed by atoms with E-state index in [1.165, 1.54) is 12.8 Å². The van der Waals surface area contributed by atoms with E-state index in [2.05, 4.69) is 20.7 Å². The van der Waals surface area contributed by atoms with Crippen LogP contribution in [-0.4, -0.2) is 27.2 Å². The minimum Gasteiger partial charge on any atom is -0.364 e. The lowest BCUT2D eigenvalue weighted by atomic mass is 9.64. The van der Waals surface area contributed by atoms with E-state index in [0.29, 0.717) is 11.8 Å². The van der Waals surface area contributed by atoms with Crippen LogP contribution < -0.4 is 11.1 Å². The maximum absolute atomic E-state index is 12.3. The standard InChI is InChI=1S/C12H17N5O2/c13-10(18)9-11(16-17-15-9)14-12(19)8-5-6-1-3-7(8)4-2-6/h6-8H,1-5H2,(H2,13,18)(H2,14,15,16,17,19). The number of hydrogen-bond donors (Lipinski definition) is 3. The maximum Gasteiger partial charge on any atom is 0.273 e. The van der Waals surface area contributed by atoms with Gasteiger partial charge in [0.05, 0.1) is 0 Å². The molecule has 102 valence electrons. The molecule has 1 aromatic heterocycles. The molecule has 1 heterocycles. The summed E-state index contributed by atoms with van der Waals surface area (Å²) in [4.78, 5) is 23.4. The molecule has 3 fully saturated rings. The van der Waals surface area contributed by atoms with E-state index >= 15 is 0 Å². The van der Waals surface area contributed by atoms with Gasteiger partial charge in [-0.2, -0.15) is 5.21 Å². The summed E-state index contributed by atoms with van der Waals surface area (Å²) in [6, 6.07) is 0.